The molecule has 0 saturated carbocycles. The van der Waals surface area contributed by atoms with E-state index in [-0.39, 0.29) is 17.6 Å². The number of likely N-dealkylation sites (tertiary alicyclic amines) is 1. The van der Waals surface area contributed by atoms with E-state index < -0.39 is 0 Å². The zero-order valence-electron chi connectivity index (χ0n) is 15.8. The zero-order chi connectivity index (χ0) is 19.1. The maximum Gasteiger partial charge on any atom is 0.224 e. The Morgan fingerprint density at radius 3 is 2.78 bits per heavy atom. The van der Waals surface area contributed by atoms with Crippen LogP contribution in [0.15, 0.2) is 48.5 Å². The van der Waals surface area contributed by atoms with Crippen molar-refractivity contribution in [2.45, 2.75) is 32.9 Å². The molecule has 1 fully saturated rings. The zero-order valence-corrected chi connectivity index (χ0v) is 15.8. The lowest BCUT2D eigenvalue weighted by Gasteiger charge is -2.32. The van der Waals surface area contributed by atoms with Crippen LogP contribution in [0.4, 0.5) is 4.39 Å². The number of ether oxygens (including phenoxy) is 1. The van der Waals surface area contributed by atoms with Gasteiger partial charge in [-0.15, -0.1) is 0 Å². The Labute approximate surface area is 160 Å². The highest BCUT2D eigenvalue weighted by Gasteiger charge is 2.25. The second-order valence-electron chi connectivity index (χ2n) is 6.96. The molecule has 1 aliphatic heterocycles. The topological polar surface area (TPSA) is 41.6 Å². The summed E-state index contributed by atoms with van der Waals surface area (Å²) >= 11 is 0. The summed E-state index contributed by atoms with van der Waals surface area (Å²) in [4.78, 5) is 14.9. The van der Waals surface area contributed by atoms with E-state index in [1.165, 1.54) is 12.1 Å². The number of carbonyl (C=O) groups is 1. The van der Waals surface area contributed by atoms with Crippen molar-refractivity contribution in [2.24, 2.45) is 5.92 Å². The lowest BCUT2D eigenvalue weighted by molar-refractivity contribution is -0.126. The van der Waals surface area contributed by atoms with Crippen LogP contribution in [0.25, 0.3) is 0 Å². The third kappa shape index (κ3) is 5.54. The van der Waals surface area contributed by atoms with Gasteiger partial charge in [0.15, 0.2) is 0 Å². The highest BCUT2D eigenvalue weighted by atomic mass is 19.1. The fraction of sp³-hybridized carbons (Fsp3) is 0.409. The van der Waals surface area contributed by atoms with Gasteiger partial charge >= 0.3 is 0 Å². The van der Waals surface area contributed by atoms with E-state index in [4.69, 9.17) is 4.74 Å². The van der Waals surface area contributed by atoms with E-state index in [0.717, 1.165) is 49.4 Å². The average molecular weight is 370 g/mol. The monoisotopic (exact) mass is 370 g/mol. The van der Waals surface area contributed by atoms with Gasteiger partial charge in [-0.2, -0.15) is 0 Å². The van der Waals surface area contributed by atoms with Crippen LogP contribution in [0.1, 0.15) is 30.9 Å². The lowest BCUT2D eigenvalue weighted by Crippen LogP contribution is -2.42. The van der Waals surface area contributed by atoms with Gasteiger partial charge in [0, 0.05) is 25.2 Å². The molecule has 0 radical (unpaired) electrons. The molecule has 0 bridgehead atoms. The molecule has 27 heavy (non-hydrogen) atoms. The summed E-state index contributed by atoms with van der Waals surface area (Å²) in [5.74, 6) is 0.674. The molecule has 1 unspecified atom stereocenters. The summed E-state index contributed by atoms with van der Waals surface area (Å²) in [7, 11) is 0. The standard InChI is InChI=1S/C22H27FN2O2/c1-2-27-21-8-4-3-6-18(21)14-24-22(26)19-7-5-13-25(16-19)15-17-9-11-20(23)12-10-17/h3-4,6,8-12,19H,2,5,7,13-16H2,1H3,(H,24,26). The van der Waals surface area contributed by atoms with Gasteiger partial charge in [0.2, 0.25) is 5.91 Å². The molecule has 4 nitrogen and oxygen atoms in total. The van der Waals surface area contributed by atoms with Crippen LogP contribution in [-0.4, -0.2) is 30.5 Å². The molecule has 1 atom stereocenters. The number of amides is 1. The van der Waals surface area contributed by atoms with E-state index in [1.54, 1.807) is 0 Å². The number of hydrogen-bond donors (Lipinski definition) is 1. The molecule has 0 aliphatic carbocycles. The molecule has 1 N–H and O–H groups in total. The molecule has 1 saturated heterocycles. The summed E-state index contributed by atoms with van der Waals surface area (Å²) in [6.45, 7) is 5.48. The lowest BCUT2D eigenvalue weighted by atomic mass is 9.96. The minimum absolute atomic E-state index is 0.0153. The molecule has 3 rings (SSSR count). The predicted octanol–water partition coefficient (Wildman–Crippen LogP) is 3.75. The minimum Gasteiger partial charge on any atom is -0.494 e. The first-order valence-electron chi connectivity index (χ1n) is 9.61. The molecule has 2 aromatic rings. The number of nitrogens with zero attached hydrogens (tertiary/aromatic N) is 1. The van der Waals surface area contributed by atoms with Crippen molar-refractivity contribution in [3.8, 4) is 5.75 Å². The Bertz CT molecular complexity index is 748. The first-order chi connectivity index (χ1) is 13.2. The van der Waals surface area contributed by atoms with Gasteiger partial charge in [0.05, 0.1) is 12.5 Å². The van der Waals surface area contributed by atoms with Crippen molar-refractivity contribution < 1.29 is 13.9 Å². The first-order valence-corrected chi connectivity index (χ1v) is 9.61. The van der Waals surface area contributed by atoms with Gasteiger partial charge < -0.3 is 10.1 Å². The van der Waals surface area contributed by atoms with E-state index in [2.05, 4.69) is 10.2 Å². The Morgan fingerprint density at radius 2 is 2.00 bits per heavy atom. The van der Waals surface area contributed by atoms with Crippen LogP contribution in [0.2, 0.25) is 0 Å². The summed E-state index contributed by atoms with van der Waals surface area (Å²) < 4.78 is 18.7. The molecule has 1 heterocycles. The summed E-state index contributed by atoms with van der Waals surface area (Å²) in [5.41, 5.74) is 2.06. The van der Waals surface area contributed by atoms with Gasteiger partial charge in [0.25, 0.3) is 0 Å². The molecule has 1 amide bonds. The van der Waals surface area contributed by atoms with Gasteiger partial charge in [-0.1, -0.05) is 30.3 Å². The average Bonchev–Trinajstić information content (AvgIpc) is 2.69. The van der Waals surface area contributed by atoms with Gasteiger partial charge in [-0.25, -0.2) is 4.39 Å². The molecule has 0 aromatic heterocycles. The van der Waals surface area contributed by atoms with Crippen LogP contribution >= 0.6 is 0 Å². The van der Waals surface area contributed by atoms with Crippen molar-refractivity contribution in [3.05, 3.63) is 65.5 Å². The Balaban J connectivity index is 1.53. The Morgan fingerprint density at radius 1 is 1.22 bits per heavy atom. The largest absolute Gasteiger partial charge is 0.494 e. The van der Waals surface area contributed by atoms with Crippen LogP contribution in [0, 0.1) is 11.7 Å². The Kier molecular flexibility index (Phi) is 6.82. The summed E-state index contributed by atoms with van der Waals surface area (Å²) in [5, 5.41) is 3.06. The maximum atomic E-state index is 13.1. The summed E-state index contributed by atoms with van der Waals surface area (Å²) in [6, 6.07) is 14.4. The molecular formula is C22H27FN2O2. The van der Waals surface area contributed by atoms with E-state index >= 15 is 0 Å². The van der Waals surface area contributed by atoms with Crippen LogP contribution in [0.5, 0.6) is 5.75 Å². The van der Waals surface area contributed by atoms with Crippen molar-refractivity contribution >= 4 is 5.91 Å². The number of halogens is 1. The van der Waals surface area contributed by atoms with Gasteiger partial charge in [-0.05, 0) is 50.1 Å². The number of benzene rings is 2. The third-order valence-corrected chi connectivity index (χ3v) is 4.92. The number of para-hydroxylation sites is 1. The second-order valence-corrected chi connectivity index (χ2v) is 6.96. The highest BCUT2D eigenvalue weighted by Crippen LogP contribution is 2.21. The van der Waals surface area contributed by atoms with Crippen molar-refractivity contribution in [1.82, 2.24) is 10.2 Å². The molecule has 0 spiro atoms. The van der Waals surface area contributed by atoms with Gasteiger partial charge in [0.1, 0.15) is 11.6 Å². The fourth-order valence-corrected chi connectivity index (χ4v) is 3.53. The normalized spacial score (nSPS) is 17.5. The predicted molar refractivity (Wildman–Crippen MR) is 104 cm³/mol. The summed E-state index contributed by atoms with van der Waals surface area (Å²) in [6.07, 6.45) is 1.90. The minimum atomic E-state index is -0.220. The second kappa shape index (κ2) is 9.51. The van der Waals surface area contributed by atoms with E-state index in [9.17, 15) is 9.18 Å². The number of rotatable bonds is 7. The van der Waals surface area contributed by atoms with Crippen molar-refractivity contribution in [2.75, 3.05) is 19.7 Å². The number of hydrogen-bond acceptors (Lipinski definition) is 3. The fourth-order valence-electron chi connectivity index (χ4n) is 3.53. The maximum absolute atomic E-state index is 13.1. The third-order valence-electron chi connectivity index (χ3n) is 4.92. The molecule has 5 heteroatoms. The molecule has 2 aromatic carbocycles. The molecular weight excluding hydrogens is 343 g/mol. The van der Waals surface area contributed by atoms with Crippen LogP contribution in [0.3, 0.4) is 0 Å². The van der Waals surface area contributed by atoms with Gasteiger partial charge in [-0.3, -0.25) is 9.69 Å². The molecule has 144 valence electrons. The van der Waals surface area contributed by atoms with E-state index in [0.29, 0.717) is 13.2 Å². The van der Waals surface area contributed by atoms with Crippen molar-refractivity contribution in [3.63, 3.8) is 0 Å². The quantitative estimate of drug-likeness (QED) is 0.807. The number of nitrogens with one attached hydrogen (secondary N) is 1. The van der Waals surface area contributed by atoms with Crippen LogP contribution in [-0.2, 0) is 17.9 Å². The first kappa shape index (κ1) is 19.4. The van der Waals surface area contributed by atoms with E-state index in [1.807, 2.05) is 43.3 Å². The Hall–Kier alpha value is -2.40. The van der Waals surface area contributed by atoms with Crippen molar-refractivity contribution in [1.29, 1.82) is 0 Å². The smallest absolute Gasteiger partial charge is 0.224 e. The highest BCUT2D eigenvalue weighted by molar-refractivity contribution is 5.79. The number of piperidine rings is 1. The van der Waals surface area contributed by atoms with Crippen LogP contribution < -0.4 is 10.1 Å². The SMILES string of the molecule is CCOc1ccccc1CNC(=O)C1CCCN(Cc2ccc(F)cc2)C1. The number of carbonyl (C=O) groups excluding carboxylic acids is 1. The molecule has 1 aliphatic rings.